The average molecular weight is 409 g/mol. The number of aryl methyl sites for hydroxylation is 1. The van der Waals surface area contributed by atoms with E-state index in [4.69, 9.17) is 4.74 Å². The predicted molar refractivity (Wildman–Crippen MR) is 121 cm³/mol. The molecule has 0 aliphatic carbocycles. The maximum Gasteiger partial charge on any atom is 0.166 e. The molecule has 0 heterocycles. The first kappa shape index (κ1) is 22.0. The van der Waals surface area contributed by atoms with E-state index in [0.717, 1.165) is 29.9 Å². The van der Waals surface area contributed by atoms with Crippen LogP contribution in [0.25, 0.3) is 22.3 Å². The fraction of sp³-hybridized carbons (Fsp3) is 0.333. The topological polar surface area (TPSA) is 9.23 Å². The zero-order chi connectivity index (χ0) is 21.3. The van der Waals surface area contributed by atoms with E-state index in [1.54, 1.807) is 19.1 Å². The van der Waals surface area contributed by atoms with Crippen LogP contribution in [0, 0.1) is 18.6 Å². The fourth-order valence-electron chi connectivity index (χ4n) is 3.53. The third-order valence-corrected chi connectivity index (χ3v) is 5.43. The third kappa shape index (κ3) is 5.69. The Morgan fingerprint density at radius 2 is 1.20 bits per heavy atom. The lowest BCUT2D eigenvalue weighted by atomic mass is 9.99. The summed E-state index contributed by atoms with van der Waals surface area (Å²) >= 11 is 0. The number of hydrogen-bond donors (Lipinski definition) is 0. The maximum atomic E-state index is 14.2. The first-order valence-electron chi connectivity index (χ1n) is 10.9. The van der Waals surface area contributed by atoms with Crippen molar-refractivity contribution in [2.24, 2.45) is 0 Å². The molecule has 0 amide bonds. The minimum absolute atomic E-state index is 0.281. The molecule has 0 atom stereocenters. The van der Waals surface area contributed by atoms with Crippen molar-refractivity contribution in [3.05, 3.63) is 77.9 Å². The molecule has 30 heavy (non-hydrogen) atoms. The molecule has 158 valence electrons. The largest absolute Gasteiger partial charge is 0.494 e. The molecule has 3 aromatic rings. The van der Waals surface area contributed by atoms with Crippen molar-refractivity contribution in [3.63, 3.8) is 0 Å². The fourth-order valence-corrected chi connectivity index (χ4v) is 3.53. The summed E-state index contributed by atoms with van der Waals surface area (Å²) in [5, 5.41) is 0. The number of halogens is 2. The number of ether oxygens (including phenoxy) is 1. The van der Waals surface area contributed by atoms with Crippen LogP contribution in [0.2, 0.25) is 0 Å². The van der Waals surface area contributed by atoms with E-state index in [2.05, 4.69) is 6.92 Å². The van der Waals surface area contributed by atoms with Gasteiger partial charge in [-0.2, -0.15) is 0 Å². The zero-order valence-electron chi connectivity index (χ0n) is 17.9. The lowest BCUT2D eigenvalue weighted by Crippen LogP contribution is -1.97. The summed E-state index contributed by atoms with van der Waals surface area (Å²) < 4.78 is 33.9. The lowest BCUT2D eigenvalue weighted by molar-refractivity contribution is 0.304. The molecule has 0 aliphatic heterocycles. The second-order valence-electron chi connectivity index (χ2n) is 7.78. The number of rotatable bonds is 10. The summed E-state index contributed by atoms with van der Waals surface area (Å²) in [6.45, 7) is 4.54. The van der Waals surface area contributed by atoms with E-state index < -0.39 is 11.6 Å². The first-order chi connectivity index (χ1) is 14.6. The quantitative estimate of drug-likeness (QED) is 0.306. The van der Waals surface area contributed by atoms with Crippen LogP contribution in [0.1, 0.15) is 51.0 Å². The number of hydrogen-bond acceptors (Lipinski definition) is 1. The van der Waals surface area contributed by atoms with E-state index in [1.165, 1.54) is 32.1 Å². The summed E-state index contributed by atoms with van der Waals surface area (Å²) in [5.74, 6) is -0.705. The van der Waals surface area contributed by atoms with Gasteiger partial charge in [0, 0.05) is 5.56 Å². The molecule has 3 rings (SSSR count). The van der Waals surface area contributed by atoms with Crippen LogP contribution in [0.5, 0.6) is 5.75 Å². The van der Waals surface area contributed by atoms with Crippen molar-refractivity contribution >= 4 is 0 Å². The molecular weight excluding hydrogens is 378 g/mol. The Morgan fingerprint density at radius 3 is 1.87 bits per heavy atom. The molecule has 0 spiro atoms. The zero-order valence-corrected chi connectivity index (χ0v) is 17.9. The van der Waals surface area contributed by atoms with Crippen molar-refractivity contribution in [3.8, 4) is 28.0 Å². The van der Waals surface area contributed by atoms with Gasteiger partial charge in [-0.25, -0.2) is 8.78 Å². The van der Waals surface area contributed by atoms with Crippen LogP contribution in [-0.2, 0) is 0 Å². The van der Waals surface area contributed by atoms with Gasteiger partial charge in [0.15, 0.2) is 11.6 Å². The van der Waals surface area contributed by atoms with E-state index >= 15 is 0 Å². The highest BCUT2D eigenvalue weighted by molar-refractivity contribution is 5.71. The Labute approximate surface area is 178 Å². The van der Waals surface area contributed by atoms with E-state index in [9.17, 15) is 8.78 Å². The van der Waals surface area contributed by atoms with E-state index in [-0.39, 0.29) is 5.56 Å². The van der Waals surface area contributed by atoms with Crippen LogP contribution in [0.3, 0.4) is 0 Å². The van der Waals surface area contributed by atoms with Gasteiger partial charge >= 0.3 is 0 Å². The smallest absolute Gasteiger partial charge is 0.166 e. The van der Waals surface area contributed by atoms with Crippen LogP contribution in [0.15, 0.2) is 60.7 Å². The Morgan fingerprint density at radius 1 is 0.633 bits per heavy atom. The molecule has 0 bridgehead atoms. The molecule has 3 aromatic carbocycles. The highest BCUT2D eigenvalue weighted by atomic mass is 19.2. The van der Waals surface area contributed by atoms with Crippen molar-refractivity contribution < 1.29 is 13.5 Å². The van der Waals surface area contributed by atoms with Gasteiger partial charge in [0.05, 0.1) is 6.61 Å². The summed E-state index contributed by atoms with van der Waals surface area (Å²) in [6.07, 6.45) is 7.49. The second-order valence-corrected chi connectivity index (χ2v) is 7.78. The van der Waals surface area contributed by atoms with Gasteiger partial charge in [0.1, 0.15) is 5.75 Å². The SMILES string of the molecule is CCCCCCCCOc1ccc(-c2ccc(-c3ccc(C)c(F)c3F)cc2)cc1. The van der Waals surface area contributed by atoms with Gasteiger partial charge in [-0.1, -0.05) is 87.6 Å². The number of unbranched alkanes of at least 4 members (excludes halogenated alkanes) is 5. The second kappa shape index (κ2) is 10.9. The molecular formula is C27H30F2O. The van der Waals surface area contributed by atoms with Crippen molar-refractivity contribution in [2.75, 3.05) is 6.61 Å². The monoisotopic (exact) mass is 408 g/mol. The summed E-state index contributed by atoms with van der Waals surface area (Å²) in [4.78, 5) is 0. The van der Waals surface area contributed by atoms with Crippen LogP contribution in [0.4, 0.5) is 8.78 Å². The molecule has 3 heteroatoms. The van der Waals surface area contributed by atoms with E-state index in [1.807, 2.05) is 48.5 Å². The highest BCUT2D eigenvalue weighted by Crippen LogP contribution is 2.29. The Balaban J connectivity index is 1.57. The molecule has 0 aliphatic rings. The van der Waals surface area contributed by atoms with Crippen molar-refractivity contribution in [1.82, 2.24) is 0 Å². The summed E-state index contributed by atoms with van der Waals surface area (Å²) in [6, 6.07) is 18.7. The molecule has 0 radical (unpaired) electrons. The molecule has 1 nitrogen and oxygen atoms in total. The molecule has 0 saturated heterocycles. The van der Waals surface area contributed by atoms with Gasteiger partial charge in [-0.05, 0) is 47.7 Å². The Hall–Kier alpha value is -2.68. The predicted octanol–water partition coefficient (Wildman–Crippen LogP) is 8.35. The molecule has 0 aromatic heterocycles. The minimum atomic E-state index is -0.797. The van der Waals surface area contributed by atoms with Gasteiger partial charge in [0.25, 0.3) is 0 Å². The Kier molecular flexibility index (Phi) is 8.01. The van der Waals surface area contributed by atoms with Crippen LogP contribution >= 0.6 is 0 Å². The van der Waals surface area contributed by atoms with E-state index in [0.29, 0.717) is 11.1 Å². The first-order valence-corrected chi connectivity index (χ1v) is 10.9. The summed E-state index contributed by atoms with van der Waals surface area (Å²) in [7, 11) is 0. The van der Waals surface area contributed by atoms with Crippen LogP contribution in [-0.4, -0.2) is 6.61 Å². The van der Waals surface area contributed by atoms with Gasteiger partial charge in [-0.15, -0.1) is 0 Å². The number of benzene rings is 3. The normalized spacial score (nSPS) is 10.9. The van der Waals surface area contributed by atoms with Crippen LogP contribution < -0.4 is 4.74 Å². The van der Waals surface area contributed by atoms with Gasteiger partial charge in [0.2, 0.25) is 0 Å². The molecule has 0 unspecified atom stereocenters. The van der Waals surface area contributed by atoms with Crippen molar-refractivity contribution in [1.29, 1.82) is 0 Å². The molecule has 0 fully saturated rings. The van der Waals surface area contributed by atoms with Crippen molar-refractivity contribution in [2.45, 2.75) is 52.4 Å². The van der Waals surface area contributed by atoms with Gasteiger partial charge in [-0.3, -0.25) is 0 Å². The third-order valence-electron chi connectivity index (χ3n) is 5.43. The molecule has 0 saturated carbocycles. The minimum Gasteiger partial charge on any atom is -0.494 e. The standard InChI is InChI=1S/C27H30F2O/c1-3-4-5-6-7-8-19-30-24-16-14-22(15-17-24)21-10-12-23(13-11-21)25-18-9-20(2)26(28)27(25)29/h9-18H,3-8,19H2,1-2H3. The highest BCUT2D eigenvalue weighted by Gasteiger charge is 2.12. The average Bonchev–Trinajstić information content (AvgIpc) is 2.78. The summed E-state index contributed by atoms with van der Waals surface area (Å²) in [5.41, 5.74) is 3.34. The molecule has 0 N–H and O–H groups in total. The lowest BCUT2D eigenvalue weighted by Gasteiger charge is -2.09. The van der Waals surface area contributed by atoms with Gasteiger partial charge < -0.3 is 4.74 Å². The maximum absolute atomic E-state index is 14.2. The Bertz CT molecular complexity index is 930.